The van der Waals surface area contributed by atoms with Gasteiger partial charge < -0.3 is 15.2 Å². The molecule has 0 spiro atoms. The molecular formula is C12H21NO4. The molecule has 0 aliphatic rings. The third kappa shape index (κ3) is 6.73. The van der Waals surface area contributed by atoms with Crippen molar-refractivity contribution in [3.63, 3.8) is 0 Å². The van der Waals surface area contributed by atoms with Crippen LogP contribution in [0.2, 0.25) is 0 Å². The molecule has 17 heavy (non-hydrogen) atoms. The number of aliphatic carboxylic acids is 1. The zero-order valence-electron chi connectivity index (χ0n) is 10.7. The van der Waals surface area contributed by atoms with Crippen LogP contribution in [0.3, 0.4) is 0 Å². The number of nitrogens with one attached hydrogen (secondary N) is 1. The summed E-state index contributed by atoms with van der Waals surface area (Å²) in [5.74, 6) is -1.37. The van der Waals surface area contributed by atoms with E-state index in [1.54, 1.807) is 7.11 Å². The van der Waals surface area contributed by atoms with Gasteiger partial charge >= 0.3 is 5.97 Å². The molecule has 0 heterocycles. The lowest BCUT2D eigenvalue weighted by atomic mass is 10.1. The van der Waals surface area contributed by atoms with Gasteiger partial charge in [-0.15, -0.1) is 0 Å². The molecule has 0 unspecified atom stereocenters. The third-order valence-corrected chi connectivity index (χ3v) is 2.53. The Morgan fingerprint density at radius 2 is 1.76 bits per heavy atom. The molecule has 5 nitrogen and oxygen atoms in total. The first-order chi connectivity index (χ1) is 8.00. The van der Waals surface area contributed by atoms with Crippen LogP contribution in [0.15, 0.2) is 11.1 Å². The van der Waals surface area contributed by atoms with Crippen LogP contribution in [0.25, 0.3) is 0 Å². The maximum atomic E-state index is 11.5. The number of rotatable bonds is 8. The lowest BCUT2D eigenvalue weighted by Gasteiger charge is -2.06. The molecule has 1 amide bonds. The highest BCUT2D eigenvalue weighted by atomic mass is 16.5. The van der Waals surface area contributed by atoms with Gasteiger partial charge in [-0.25, -0.2) is 4.79 Å². The Hall–Kier alpha value is -1.36. The summed E-state index contributed by atoms with van der Waals surface area (Å²) in [5.41, 5.74) is 0.344. The molecule has 0 aliphatic heterocycles. The standard InChI is InChI=1S/C12H21NO4/c1-9(10(2)12(15)16)11(14)13-7-5-4-6-8-17-3/h4-8H2,1-3H3,(H,13,14)(H,15,16). The van der Waals surface area contributed by atoms with Crippen LogP contribution in [-0.4, -0.2) is 37.2 Å². The maximum absolute atomic E-state index is 11.5. The van der Waals surface area contributed by atoms with Crippen LogP contribution in [0, 0.1) is 0 Å². The van der Waals surface area contributed by atoms with Gasteiger partial charge in [0.15, 0.2) is 0 Å². The van der Waals surface area contributed by atoms with Crippen LogP contribution in [-0.2, 0) is 14.3 Å². The second-order valence-electron chi connectivity index (χ2n) is 3.86. The molecule has 0 saturated carbocycles. The largest absolute Gasteiger partial charge is 0.478 e. The van der Waals surface area contributed by atoms with E-state index in [-0.39, 0.29) is 17.1 Å². The zero-order valence-corrected chi connectivity index (χ0v) is 10.7. The number of ether oxygens (including phenoxy) is 1. The van der Waals surface area contributed by atoms with Crippen molar-refractivity contribution in [2.24, 2.45) is 0 Å². The summed E-state index contributed by atoms with van der Waals surface area (Å²) in [5, 5.41) is 11.4. The minimum atomic E-state index is -1.06. The number of hydrogen-bond acceptors (Lipinski definition) is 3. The lowest BCUT2D eigenvalue weighted by molar-refractivity contribution is -0.133. The summed E-state index contributed by atoms with van der Waals surface area (Å²) in [7, 11) is 1.66. The molecule has 0 bridgehead atoms. The molecule has 0 rings (SSSR count). The number of carboxylic acids is 1. The molecule has 2 N–H and O–H groups in total. The molecule has 0 saturated heterocycles. The van der Waals surface area contributed by atoms with Crippen LogP contribution >= 0.6 is 0 Å². The number of methoxy groups -OCH3 is 1. The number of carbonyl (C=O) groups is 2. The zero-order chi connectivity index (χ0) is 13.3. The predicted octanol–water partition coefficient (Wildman–Crippen LogP) is 1.34. The molecule has 0 aliphatic carbocycles. The molecular weight excluding hydrogens is 222 g/mol. The average molecular weight is 243 g/mol. The van der Waals surface area contributed by atoms with Crippen LogP contribution in [0.5, 0.6) is 0 Å². The fourth-order valence-electron chi connectivity index (χ4n) is 1.21. The summed E-state index contributed by atoms with van der Waals surface area (Å²) in [4.78, 5) is 22.2. The highest BCUT2D eigenvalue weighted by Gasteiger charge is 2.11. The summed E-state index contributed by atoms with van der Waals surface area (Å²) in [6.45, 7) is 4.23. The molecule has 0 fully saturated rings. The van der Waals surface area contributed by atoms with E-state index in [4.69, 9.17) is 9.84 Å². The van der Waals surface area contributed by atoms with E-state index in [1.807, 2.05) is 0 Å². The van der Waals surface area contributed by atoms with Crippen molar-refractivity contribution < 1.29 is 19.4 Å². The summed E-state index contributed by atoms with van der Waals surface area (Å²) < 4.78 is 4.91. The first-order valence-electron chi connectivity index (χ1n) is 5.68. The second kappa shape index (κ2) is 8.75. The Balaban J connectivity index is 3.87. The van der Waals surface area contributed by atoms with Crippen LogP contribution < -0.4 is 5.32 Å². The Morgan fingerprint density at radius 1 is 1.12 bits per heavy atom. The second-order valence-corrected chi connectivity index (χ2v) is 3.86. The van der Waals surface area contributed by atoms with Gasteiger partial charge in [-0.3, -0.25) is 4.79 Å². The monoisotopic (exact) mass is 243 g/mol. The number of amides is 1. The van der Waals surface area contributed by atoms with E-state index in [0.717, 1.165) is 25.9 Å². The van der Waals surface area contributed by atoms with Crippen molar-refractivity contribution in [2.75, 3.05) is 20.3 Å². The van der Waals surface area contributed by atoms with Crippen LogP contribution in [0.4, 0.5) is 0 Å². The molecule has 0 aromatic heterocycles. The van der Waals surface area contributed by atoms with Crippen LogP contribution in [0.1, 0.15) is 33.1 Å². The predicted molar refractivity (Wildman–Crippen MR) is 64.7 cm³/mol. The minimum Gasteiger partial charge on any atom is -0.478 e. The topological polar surface area (TPSA) is 75.6 Å². The molecule has 5 heteroatoms. The van der Waals surface area contributed by atoms with Crippen molar-refractivity contribution in [3.05, 3.63) is 11.1 Å². The van der Waals surface area contributed by atoms with E-state index in [0.29, 0.717) is 6.54 Å². The number of unbranched alkanes of at least 4 members (excludes halogenated alkanes) is 2. The van der Waals surface area contributed by atoms with E-state index in [9.17, 15) is 9.59 Å². The van der Waals surface area contributed by atoms with E-state index < -0.39 is 5.97 Å². The number of hydrogen-bond donors (Lipinski definition) is 2. The fraction of sp³-hybridized carbons (Fsp3) is 0.667. The van der Waals surface area contributed by atoms with E-state index >= 15 is 0 Å². The van der Waals surface area contributed by atoms with Gasteiger partial charge in [0, 0.05) is 31.4 Å². The smallest absolute Gasteiger partial charge is 0.331 e. The van der Waals surface area contributed by atoms with Gasteiger partial charge in [0.1, 0.15) is 0 Å². The van der Waals surface area contributed by atoms with Crippen molar-refractivity contribution in [3.8, 4) is 0 Å². The van der Waals surface area contributed by atoms with Gasteiger partial charge in [-0.1, -0.05) is 0 Å². The fourth-order valence-corrected chi connectivity index (χ4v) is 1.21. The lowest BCUT2D eigenvalue weighted by Crippen LogP contribution is -2.26. The quantitative estimate of drug-likeness (QED) is 0.498. The Labute approximate surface area is 102 Å². The Morgan fingerprint density at radius 3 is 2.29 bits per heavy atom. The Kier molecular flexibility index (Phi) is 8.05. The van der Waals surface area contributed by atoms with Gasteiger partial charge in [-0.2, -0.15) is 0 Å². The molecule has 0 radical (unpaired) electrons. The average Bonchev–Trinajstić information content (AvgIpc) is 2.31. The first kappa shape index (κ1) is 15.6. The third-order valence-electron chi connectivity index (χ3n) is 2.53. The number of carboxylic acid groups (broad SMARTS) is 1. The van der Waals surface area contributed by atoms with E-state index in [1.165, 1.54) is 13.8 Å². The Bertz CT molecular complexity index is 297. The minimum absolute atomic E-state index is 0.0851. The molecule has 0 atom stereocenters. The van der Waals surface area contributed by atoms with Crippen molar-refractivity contribution in [2.45, 2.75) is 33.1 Å². The SMILES string of the molecule is COCCCCCNC(=O)C(C)=C(C)C(=O)O. The molecule has 0 aromatic rings. The maximum Gasteiger partial charge on any atom is 0.331 e. The number of carbonyl (C=O) groups excluding carboxylic acids is 1. The van der Waals surface area contributed by atoms with Crippen molar-refractivity contribution in [1.82, 2.24) is 5.32 Å². The van der Waals surface area contributed by atoms with Gasteiger partial charge in [0.2, 0.25) is 5.91 Å². The van der Waals surface area contributed by atoms with Gasteiger partial charge in [0.05, 0.1) is 0 Å². The van der Waals surface area contributed by atoms with E-state index in [2.05, 4.69) is 5.32 Å². The normalized spacial score (nSPS) is 11.9. The summed E-state index contributed by atoms with van der Waals surface area (Å²) in [6, 6.07) is 0. The molecule has 0 aromatic carbocycles. The van der Waals surface area contributed by atoms with Crippen molar-refractivity contribution in [1.29, 1.82) is 0 Å². The van der Waals surface area contributed by atoms with Gasteiger partial charge in [-0.05, 0) is 33.1 Å². The highest BCUT2D eigenvalue weighted by molar-refractivity contribution is 6.01. The van der Waals surface area contributed by atoms with Gasteiger partial charge in [0.25, 0.3) is 0 Å². The summed E-state index contributed by atoms with van der Waals surface area (Å²) in [6.07, 6.45) is 2.82. The van der Waals surface area contributed by atoms with Crippen molar-refractivity contribution >= 4 is 11.9 Å². The first-order valence-corrected chi connectivity index (χ1v) is 5.68. The highest BCUT2D eigenvalue weighted by Crippen LogP contribution is 2.03. The summed E-state index contributed by atoms with van der Waals surface area (Å²) >= 11 is 0. The molecule has 98 valence electrons.